The van der Waals surface area contributed by atoms with Crippen LogP contribution in [0.1, 0.15) is 20.8 Å². The molecule has 0 aromatic rings. The van der Waals surface area contributed by atoms with Gasteiger partial charge in [-0.3, -0.25) is 0 Å². The van der Waals surface area contributed by atoms with Gasteiger partial charge < -0.3 is 0 Å². The van der Waals surface area contributed by atoms with E-state index in [9.17, 15) is 9.13 Å². The lowest BCUT2D eigenvalue weighted by Gasteiger charge is -1.91. The number of hydrogen-bond acceptors (Lipinski definition) is 2. The lowest BCUT2D eigenvalue weighted by molar-refractivity contribution is 0.520. The van der Waals surface area contributed by atoms with Crippen LogP contribution in [0.3, 0.4) is 0 Å². The minimum Gasteiger partial charge on any atom is -0.232 e. The maximum atomic E-state index is 10.2. The van der Waals surface area contributed by atoms with Crippen LogP contribution in [0, 0.1) is 5.92 Å². The van der Waals surface area contributed by atoms with E-state index in [1.807, 2.05) is 13.8 Å². The molecule has 0 heterocycles. The first-order valence-corrected chi connectivity index (χ1v) is 4.04. The van der Waals surface area contributed by atoms with Crippen molar-refractivity contribution in [3.05, 3.63) is 11.4 Å². The smallest absolute Gasteiger partial charge is 0.232 e. The van der Waals surface area contributed by atoms with Crippen molar-refractivity contribution >= 4 is 7.68 Å². The van der Waals surface area contributed by atoms with Gasteiger partial charge in [-0.25, -0.2) is 9.13 Å². The predicted octanol–water partition coefficient (Wildman–Crippen LogP) is 2.72. The van der Waals surface area contributed by atoms with Crippen LogP contribution in [0.4, 0.5) is 0 Å². The Morgan fingerprint density at radius 3 is 2.00 bits per heavy atom. The summed E-state index contributed by atoms with van der Waals surface area (Å²) < 4.78 is 20.4. The van der Waals surface area contributed by atoms with Crippen molar-refractivity contribution in [3.63, 3.8) is 0 Å². The van der Waals surface area contributed by atoms with E-state index in [-0.39, 0.29) is 0 Å². The maximum Gasteiger partial charge on any atom is 0.343 e. The highest BCUT2D eigenvalue weighted by atomic mass is 31.1. The van der Waals surface area contributed by atoms with Gasteiger partial charge in [0.2, 0.25) is 0 Å². The summed E-state index contributed by atoms with van der Waals surface area (Å²) in [5.74, 6) is 0.317. The van der Waals surface area contributed by atoms with Gasteiger partial charge in [-0.1, -0.05) is 19.9 Å². The Kier molecular flexibility index (Phi) is 3.48. The molecule has 0 aliphatic carbocycles. The van der Waals surface area contributed by atoms with Crippen LogP contribution in [0.25, 0.3) is 0 Å². The molecule has 0 aromatic heterocycles. The van der Waals surface area contributed by atoms with Gasteiger partial charge in [0.15, 0.2) is 0 Å². The minimum absolute atomic E-state index is 0.317. The van der Waals surface area contributed by atoms with Gasteiger partial charge in [-0.15, -0.1) is 0 Å². The fraction of sp³-hybridized carbons (Fsp3) is 0.667. The van der Waals surface area contributed by atoms with Crippen molar-refractivity contribution in [2.75, 3.05) is 0 Å². The Morgan fingerprint density at radius 1 is 1.44 bits per heavy atom. The average Bonchev–Trinajstić information content (AvgIpc) is 1.63. The first-order valence-electron chi connectivity index (χ1n) is 2.87. The number of rotatable bonds is 2. The molecule has 0 amide bonds. The minimum atomic E-state index is -2.33. The quantitative estimate of drug-likeness (QED) is 0.561. The third-order valence-electron chi connectivity index (χ3n) is 0.863. The maximum absolute atomic E-state index is 10.2. The van der Waals surface area contributed by atoms with Crippen LogP contribution in [-0.4, -0.2) is 0 Å². The summed E-state index contributed by atoms with van der Waals surface area (Å²) >= 11 is 0. The Labute approximate surface area is 55.8 Å². The molecule has 52 valence electrons. The normalized spacial score (nSPS) is 12.2. The van der Waals surface area contributed by atoms with Gasteiger partial charge in [-0.2, -0.15) is 0 Å². The molecule has 0 atom stereocenters. The van der Waals surface area contributed by atoms with Crippen LogP contribution in [0.5, 0.6) is 0 Å². The highest BCUT2D eigenvalue weighted by Gasteiger charge is 1.95. The molecule has 9 heavy (non-hydrogen) atoms. The predicted molar refractivity (Wildman–Crippen MR) is 36.9 cm³/mol. The average molecular weight is 146 g/mol. The zero-order valence-electron chi connectivity index (χ0n) is 5.92. The van der Waals surface area contributed by atoms with Gasteiger partial charge >= 0.3 is 7.68 Å². The Bertz CT molecular complexity index is 169. The molecule has 0 aliphatic heterocycles. The summed E-state index contributed by atoms with van der Waals surface area (Å²) in [6.45, 7) is 5.50. The van der Waals surface area contributed by atoms with Gasteiger partial charge in [-0.05, 0) is 12.8 Å². The molecule has 0 N–H and O–H groups in total. The SMILES string of the molecule is C/C(=C\C(C)C)P(=O)=O. The Balaban J connectivity index is 4.17. The van der Waals surface area contributed by atoms with E-state index in [4.69, 9.17) is 0 Å². The third-order valence-corrected chi connectivity index (χ3v) is 1.59. The summed E-state index contributed by atoms with van der Waals surface area (Å²) in [6, 6.07) is 0. The van der Waals surface area contributed by atoms with Gasteiger partial charge in [0, 0.05) is 5.31 Å². The zero-order chi connectivity index (χ0) is 7.44. The summed E-state index contributed by atoms with van der Waals surface area (Å²) in [6.07, 6.45) is 1.73. The standard InChI is InChI=1S/C6H11O2P/c1-5(2)4-6(3)9(7)8/h4-5H,1-3H3/b6-4+. The van der Waals surface area contributed by atoms with Crippen LogP contribution < -0.4 is 0 Å². The molecule has 0 spiro atoms. The summed E-state index contributed by atoms with van der Waals surface area (Å²) in [4.78, 5) is 0. The Morgan fingerprint density at radius 2 is 1.89 bits per heavy atom. The number of allylic oxidation sites excluding steroid dienone is 2. The van der Waals surface area contributed by atoms with Crippen molar-refractivity contribution < 1.29 is 9.13 Å². The first kappa shape index (κ1) is 8.64. The van der Waals surface area contributed by atoms with E-state index in [1.54, 1.807) is 13.0 Å². The topological polar surface area (TPSA) is 34.1 Å². The molecule has 0 saturated heterocycles. The lowest BCUT2D eigenvalue weighted by atomic mass is 10.2. The van der Waals surface area contributed by atoms with E-state index in [0.29, 0.717) is 11.2 Å². The monoisotopic (exact) mass is 146 g/mol. The van der Waals surface area contributed by atoms with Crippen molar-refractivity contribution in [1.29, 1.82) is 0 Å². The first-order chi connectivity index (χ1) is 4.04. The van der Waals surface area contributed by atoms with E-state index >= 15 is 0 Å². The lowest BCUT2D eigenvalue weighted by Crippen LogP contribution is -1.77. The molecule has 0 aliphatic rings. The molecule has 0 radical (unpaired) electrons. The molecule has 0 rings (SSSR count). The second-order valence-electron chi connectivity index (χ2n) is 2.31. The summed E-state index contributed by atoms with van der Waals surface area (Å²) in [5.41, 5.74) is 0. The van der Waals surface area contributed by atoms with Crippen LogP contribution in [-0.2, 0) is 9.13 Å². The van der Waals surface area contributed by atoms with Gasteiger partial charge in [0.05, 0.1) is 0 Å². The fourth-order valence-electron chi connectivity index (χ4n) is 0.543. The second-order valence-corrected chi connectivity index (χ2v) is 3.53. The number of hydrogen-bond donors (Lipinski definition) is 0. The fourth-order valence-corrected chi connectivity index (χ4v) is 0.963. The molecule has 0 aromatic carbocycles. The molecule has 2 nitrogen and oxygen atoms in total. The molecule has 3 heteroatoms. The van der Waals surface area contributed by atoms with E-state index in [2.05, 4.69) is 0 Å². The zero-order valence-corrected chi connectivity index (χ0v) is 6.81. The van der Waals surface area contributed by atoms with Crippen LogP contribution in [0.2, 0.25) is 0 Å². The highest BCUT2D eigenvalue weighted by Crippen LogP contribution is 2.19. The largest absolute Gasteiger partial charge is 0.343 e. The third kappa shape index (κ3) is 4.16. The molecule has 0 unspecified atom stereocenters. The van der Waals surface area contributed by atoms with E-state index in [0.717, 1.165) is 0 Å². The summed E-state index contributed by atoms with van der Waals surface area (Å²) in [5, 5.41) is 0.458. The van der Waals surface area contributed by atoms with Crippen LogP contribution in [0.15, 0.2) is 11.4 Å². The van der Waals surface area contributed by atoms with E-state index in [1.165, 1.54) is 0 Å². The van der Waals surface area contributed by atoms with Crippen molar-refractivity contribution in [2.24, 2.45) is 5.92 Å². The van der Waals surface area contributed by atoms with E-state index < -0.39 is 7.68 Å². The molecule has 0 bridgehead atoms. The second kappa shape index (κ2) is 3.62. The van der Waals surface area contributed by atoms with Crippen molar-refractivity contribution in [1.82, 2.24) is 0 Å². The molecule has 0 fully saturated rings. The van der Waals surface area contributed by atoms with Gasteiger partial charge in [0.1, 0.15) is 0 Å². The molecular weight excluding hydrogens is 135 g/mol. The molecule has 0 saturated carbocycles. The Hall–Kier alpha value is -0.360. The van der Waals surface area contributed by atoms with Crippen molar-refractivity contribution in [2.45, 2.75) is 20.8 Å². The molecular formula is C6H11O2P. The summed E-state index contributed by atoms with van der Waals surface area (Å²) in [7, 11) is -2.33. The van der Waals surface area contributed by atoms with Crippen molar-refractivity contribution in [3.8, 4) is 0 Å². The highest BCUT2D eigenvalue weighted by molar-refractivity contribution is 7.36. The van der Waals surface area contributed by atoms with Gasteiger partial charge in [0.25, 0.3) is 0 Å². The van der Waals surface area contributed by atoms with Crippen LogP contribution >= 0.6 is 7.68 Å².